The van der Waals surface area contributed by atoms with Gasteiger partial charge in [0.2, 0.25) is 5.13 Å². The predicted molar refractivity (Wildman–Crippen MR) is 70.9 cm³/mol. The first-order valence-corrected chi connectivity index (χ1v) is 7.25. The van der Waals surface area contributed by atoms with Crippen LogP contribution in [0.4, 0.5) is 5.13 Å². The first kappa shape index (κ1) is 13.3. The van der Waals surface area contributed by atoms with Crippen molar-refractivity contribution in [2.24, 2.45) is 0 Å². The summed E-state index contributed by atoms with van der Waals surface area (Å²) in [5, 5.41) is 13.4. The second-order valence-corrected chi connectivity index (χ2v) is 5.54. The third kappa shape index (κ3) is 3.66. The van der Waals surface area contributed by atoms with E-state index in [0.717, 1.165) is 10.1 Å². The van der Waals surface area contributed by atoms with Crippen LogP contribution in [-0.2, 0) is 9.53 Å². The predicted octanol–water partition coefficient (Wildman–Crippen LogP) is 2.56. The summed E-state index contributed by atoms with van der Waals surface area (Å²) in [6, 6.07) is 0. The van der Waals surface area contributed by atoms with Crippen LogP contribution >= 0.6 is 11.3 Å². The number of carbonyl (C=O) groups is 1. The van der Waals surface area contributed by atoms with Gasteiger partial charge >= 0.3 is 5.97 Å². The molecule has 1 saturated carbocycles. The van der Waals surface area contributed by atoms with Crippen molar-refractivity contribution in [3.63, 3.8) is 0 Å². The third-order valence-electron chi connectivity index (χ3n) is 3.23. The Labute approximate surface area is 111 Å². The Balaban J connectivity index is 1.80. The number of carbonyl (C=O) groups excluding carboxylic acids is 1. The van der Waals surface area contributed by atoms with Gasteiger partial charge in [-0.05, 0) is 12.8 Å². The fourth-order valence-electron chi connectivity index (χ4n) is 2.19. The maximum Gasteiger partial charge on any atom is 0.307 e. The monoisotopic (exact) mass is 269 g/mol. The Hall–Kier alpha value is -1.17. The van der Waals surface area contributed by atoms with Gasteiger partial charge in [-0.15, -0.1) is 10.2 Å². The standard InChI is InChI=1S/C12H19N3O2S/c1-17-10(16)7-8-13-12-15-14-11(18-12)9-5-3-2-4-6-9/h9H,2-8H2,1H3,(H,13,15). The van der Waals surface area contributed by atoms with Crippen LogP contribution in [0, 0.1) is 0 Å². The van der Waals surface area contributed by atoms with Crippen molar-refractivity contribution in [1.82, 2.24) is 10.2 Å². The number of rotatable bonds is 5. The van der Waals surface area contributed by atoms with Gasteiger partial charge in [-0.25, -0.2) is 0 Å². The molecule has 1 aliphatic carbocycles. The average molecular weight is 269 g/mol. The van der Waals surface area contributed by atoms with Crippen LogP contribution in [0.2, 0.25) is 0 Å². The van der Waals surface area contributed by atoms with Crippen molar-refractivity contribution in [3.05, 3.63) is 5.01 Å². The Morgan fingerprint density at radius 1 is 1.39 bits per heavy atom. The van der Waals surface area contributed by atoms with Crippen LogP contribution < -0.4 is 5.32 Å². The molecule has 0 spiro atoms. The number of nitrogens with zero attached hydrogens (tertiary/aromatic N) is 2. The van der Waals surface area contributed by atoms with Crippen LogP contribution in [0.1, 0.15) is 49.5 Å². The van der Waals surface area contributed by atoms with Gasteiger partial charge in [0, 0.05) is 12.5 Å². The van der Waals surface area contributed by atoms with Gasteiger partial charge in [-0.3, -0.25) is 4.79 Å². The maximum absolute atomic E-state index is 11.0. The zero-order valence-corrected chi connectivity index (χ0v) is 11.5. The zero-order chi connectivity index (χ0) is 12.8. The molecule has 1 heterocycles. The minimum Gasteiger partial charge on any atom is -0.469 e. The average Bonchev–Trinajstić information content (AvgIpc) is 2.88. The highest BCUT2D eigenvalue weighted by Gasteiger charge is 2.19. The number of nitrogens with one attached hydrogen (secondary N) is 1. The quantitative estimate of drug-likeness (QED) is 0.832. The van der Waals surface area contributed by atoms with E-state index < -0.39 is 0 Å². The maximum atomic E-state index is 11.0. The van der Waals surface area contributed by atoms with Crippen molar-refractivity contribution in [2.45, 2.75) is 44.4 Å². The molecule has 1 aliphatic rings. The third-order valence-corrected chi connectivity index (χ3v) is 4.27. The molecule has 0 unspecified atom stereocenters. The number of hydrogen-bond donors (Lipinski definition) is 1. The summed E-state index contributed by atoms with van der Waals surface area (Å²) in [7, 11) is 1.40. The highest BCUT2D eigenvalue weighted by atomic mass is 32.1. The molecule has 0 bridgehead atoms. The van der Waals surface area contributed by atoms with Crippen LogP contribution in [0.25, 0.3) is 0 Å². The number of hydrogen-bond acceptors (Lipinski definition) is 6. The van der Waals surface area contributed by atoms with Crippen molar-refractivity contribution in [2.75, 3.05) is 19.0 Å². The van der Waals surface area contributed by atoms with Crippen molar-refractivity contribution in [3.8, 4) is 0 Å². The topological polar surface area (TPSA) is 64.1 Å². The lowest BCUT2D eigenvalue weighted by atomic mass is 9.90. The summed E-state index contributed by atoms with van der Waals surface area (Å²) in [5.74, 6) is 0.381. The Morgan fingerprint density at radius 3 is 2.89 bits per heavy atom. The molecule has 5 nitrogen and oxygen atoms in total. The van der Waals surface area contributed by atoms with Crippen molar-refractivity contribution >= 4 is 22.4 Å². The molecular formula is C12H19N3O2S. The van der Waals surface area contributed by atoms with E-state index in [9.17, 15) is 4.79 Å². The summed E-state index contributed by atoms with van der Waals surface area (Å²) >= 11 is 1.61. The largest absolute Gasteiger partial charge is 0.469 e. The molecular weight excluding hydrogens is 250 g/mol. The molecule has 1 aromatic rings. The van der Waals surface area contributed by atoms with Gasteiger partial charge in [-0.1, -0.05) is 30.6 Å². The lowest BCUT2D eigenvalue weighted by Crippen LogP contribution is -2.09. The fourth-order valence-corrected chi connectivity index (χ4v) is 3.13. The molecule has 0 atom stereocenters. The van der Waals surface area contributed by atoms with Crippen LogP contribution in [0.15, 0.2) is 0 Å². The summed E-state index contributed by atoms with van der Waals surface area (Å²) < 4.78 is 4.58. The molecule has 0 amide bonds. The van der Waals surface area contributed by atoms with Crippen molar-refractivity contribution in [1.29, 1.82) is 0 Å². The molecule has 1 aromatic heterocycles. The Bertz CT molecular complexity index is 388. The highest BCUT2D eigenvalue weighted by molar-refractivity contribution is 7.15. The number of anilines is 1. The fraction of sp³-hybridized carbons (Fsp3) is 0.750. The summed E-state index contributed by atoms with van der Waals surface area (Å²) in [4.78, 5) is 11.0. The van der Waals surface area contributed by atoms with Gasteiger partial charge in [0.25, 0.3) is 0 Å². The summed E-state index contributed by atoms with van der Waals surface area (Å²) in [5.41, 5.74) is 0. The Kier molecular flexibility index (Phi) is 4.92. The molecule has 0 saturated heterocycles. The van der Waals surface area contributed by atoms with E-state index in [1.807, 2.05) is 0 Å². The lowest BCUT2D eigenvalue weighted by molar-refractivity contribution is -0.140. The van der Waals surface area contributed by atoms with E-state index >= 15 is 0 Å². The van der Waals surface area contributed by atoms with Crippen LogP contribution in [0.3, 0.4) is 0 Å². The number of aromatic nitrogens is 2. The van der Waals surface area contributed by atoms with E-state index in [2.05, 4.69) is 20.3 Å². The minimum atomic E-state index is -0.209. The summed E-state index contributed by atoms with van der Waals surface area (Å²) in [6.07, 6.45) is 6.77. The van der Waals surface area contributed by atoms with Gasteiger partial charge < -0.3 is 10.1 Å². The second-order valence-electron chi connectivity index (χ2n) is 4.53. The van der Waals surface area contributed by atoms with Crippen molar-refractivity contribution < 1.29 is 9.53 Å². The molecule has 18 heavy (non-hydrogen) atoms. The number of esters is 1. The number of methoxy groups -OCH3 is 1. The summed E-state index contributed by atoms with van der Waals surface area (Å²) in [6.45, 7) is 0.548. The first-order chi connectivity index (χ1) is 8.79. The smallest absolute Gasteiger partial charge is 0.307 e. The minimum absolute atomic E-state index is 0.209. The van der Waals surface area contributed by atoms with Crippen LogP contribution in [0.5, 0.6) is 0 Å². The zero-order valence-electron chi connectivity index (χ0n) is 10.6. The molecule has 100 valence electrons. The molecule has 1 fully saturated rings. The molecule has 2 rings (SSSR count). The lowest BCUT2D eigenvalue weighted by Gasteiger charge is -2.18. The second kappa shape index (κ2) is 6.68. The van der Waals surface area contributed by atoms with Crippen LogP contribution in [-0.4, -0.2) is 29.8 Å². The van der Waals surface area contributed by atoms with Gasteiger partial charge in [0.05, 0.1) is 13.5 Å². The molecule has 0 aromatic carbocycles. The Morgan fingerprint density at radius 2 is 2.17 bits per heavy atom. The van der Waals surface area contributed by atoms with E-state index in [4.69, 9.17) is 0 Å². The van der Waals surface area contributed by atoms with E-state index in [0.29, 0.717) is 18.9 Å². The molecule has 1 N–H and O–H groups in total. The van der Waals surface area contributed by atoms with Gasteiger partial charge in [0.15, 0.2) is 0 Å². The highest BCUT2D eigenvalue weighted by Crippen LogP contribution is 2.34. The molecule has 6 heteroatoms. The SMILES string of the molecule is COC(=O)CCNc1nnc(C2CCCCC2)s1. The molecule has 0 aliphatic heterocycles. The normalized spacial score (nSPS) is 16.5. The van der Waals surface area contributed by atoms with E-state index in [1.54, 1.807) is 11.3 Å². The first-order valence-electron chi connectivity index (χ1n) is 6.43. The van der Waals surface area contributed by atoms with Gasteiger partial charge in [-0.2, -0.15) is 0 Å². The molecule has 0 radical (unpaired) electrons. The number of ether oxygens (including phenoxy) is 1. The van der Waals surface area contributed by atoms with E-state index in [-0.39, 0.29) is 5.97 Å². The van der Waals surface area contributed by atoms with Gasteiger partial charge in [0.1, 0.15) is 5.01 Å². The van der Waals surface area contributed by atoms with E-state index in [1.165, 1.54) is 39.2 Å².